The number of rotatable bonds is 5. The van der Waals surface area contributed by atoms with Crippen LogP contribution < -0.4 is 15.5 Å². The van der Waals surface area contributed by atoms with Crippen LogP contribution in [0.2, 0.25) is 0 Å². The summed E-state index contributed by atoms with van der Waals surface area (Å²) in [6.45, 7) is 2.94. The van der Waals surface area contributed by atoms with Crippen LogP contribution in [0.25, 0.3) is 17.0 Å². The molecule has 0 radical (unpaired) electrons. The number of carboxylic acids is 1. The molecule has 2 aliphatic heterocycles. The highest BCUT2D eigenvalue weighted by Gasteiger charge is 2.34. The van der Waals surface area contributed by atoms with Crippen LogP contribution in [0.4, 0.5) is 17.1 Å². The number of carbonyl (C=O) groups is 2. The van der Waals surface area contributed by atoms with Crippen LogP contribution in [0.1, 0.15) is 23.1 Å². The molecule has 0 aliphatic carbocycles. The van der Waals surface area contributed by atoms with Crippen LogP contribution >= 0.6 is 0 Å². The maximum atomic E-state index is 12.9. The Morgan fingerprint density at radius 2 is 1.77 bits per heavy atom. The number of hydrogen-bond donors (Lipinski definition) is 1. The van der Waals surface area contributed by atoms with E-state index in [-0.39, 0.29) is 16.8 Å². The number of benzene rings is 3. The van der Waals surface area contributed by atoms with Crippen molar-refractivity contribution in [2.45, 2.75) is 19.8 Å². The molecule has 0 saturated heterocycles. The van der Waals surface area contributed by atoms with Crippen molar-refractivity contribution < 1.29 is 19.1 Å². The second-order valence-electron chi connectivity index (χ2n) is 9.74. The maximum absolute atomic E-state index is 12.9. The molecule has 8 heteroatoms. The number of allylic oxidation sites excluding steroid dienone is 2. The van der Waals surface area contributed by atoms with Gasteiger partial charge in [-0.2, -0.15) is 10.1 Å². The SMILES string of the molecule is Cc1ccc(N2CCCc3cc4cc(/C=C/C=C5\C(=O)N(c6ccccc6)N=C5C(=O)O)c(=O)oc4cc32)cc1. The minimum atomic E-state index is -1.32. The topological polar surface area (TPSA) is 103 Å². The van der Waals surface area contributed by atoms with Gasteiger partial charge in [0, 0.05) is 29.4 Å². The van der Waals surface area contributed by atoms with Crippen LogP contribution in [0.3, 0.4) is 0 Å². The van der Waals surface area contributed by atoms with E-state index in [9.17, 15) is 19.5 Å². The Morgan fingerprint density at radius 1 is 1.00 bits per heavy atom. The fourth-order valence-corrected chi connectivity index (χ4v) is 5.04. The molecule has 4 aromatic rings. The minimum absolute atomic E-state index is 0.0805. The zero-order valence-corrected chi connectivity index (χ0v) is 21.7. The molecule has 0 spiro atoms. The molecule has 1 N–H and O–H groups in total. The summed E-state index contributed by atoms with van der Waals surface area (Å²) < 4.78 is 5.69. The molecule has 0 bridgehead atoms. The molecule has 198 valence electrons. The lowest BCUT2D eigenvalue weighted by molar-refractivity contribution is -0.129. The number of amides is 1. The second kappa shape index (κ2) is 10.1. The molecule has 1 amide bonds. The average Bonchev–Trinajstić information content (AvgIpc) is 3.29. The van der Waals surface area contributed by atoms with Gasteiger partial charge in [-0.15, -0.1) is 0 Å². The molecule has 0 unspecified atom stereocenters. The molecule has 0 atom stereocenters. The lowest BCUT2D eigenvalue weighted by Gasteiger charge is -2.31. The van der Waals surface area contributed by atoms with Gasteiger partial charge in [0.2, 0.25) is 0 Å². The molecular weight excluding hydrogens is 506 g/mol. The third-order valence-corrected chi connectivity index (χ3v) is 7.04. The Labute approximate surface area is 229 Å². The van der Waals surface area contributed by atoms with Crippen LogP contribution in [0, 0.1) is 6.92 Å². The number of hydrogen-bond acceptors (Lipinski definition) is 6. The molecule has 3 aromatic carbocycles. The van der Waals surface area contributed by atoms with Gasteiger partial charge in [-0.25, -0.2) is 9.59 Å². The Bertz CT molecular complexity index is 1800. The number of nitrogens with zero attached hydrogens (tertiary/aromatic N) is 3. The highest BCUT2D eigenvalue weighted by Crippen LogP contribution is 2.36. The summed E-state index contributed by atoms with van der Waals surface area (Å²) >= 11 is 0. The Balaban J connectivity index is 1.31. The van der Waals surface area contributed by atoms with Crippen molar-refractivity contribution in [1.29, 1.82) is 0 Å². The first kappa shape index (κ1) is 25.1. The number of fused-ring (bicyclic) bond motifs is 2. The summed E-state index contributed by atoms with van der Waals surface area (Å²) in [6.07, 6.45) is 6.25. The number of aryl methyl sites for hydroxylation is 2. The Morgan fingerprint density at radius 3 is 2.52 bits per heavy atom. The van der Waals surface area contributed by atoms with E-state index in [0.29, 0.717) is 11.3 Å². The van der Waals surface area contributed by atoms with E-state index in [1.807, 2.05) is 6.07 Å². The lowest BCUT2D eigenvalue weighted by atomic mass is 9.98. The standard InChI is InChI=1S/C32H25N3O5/c1-20-12-14-24(15-13-20)34-16-6-8-21-17-23-18-22(32(39)40-28(23)19-27(21)34)7-5-11-26-29(31(37)38)33-35(30(26)36)25-9-3-2-4-10-25/h2-5,7,9-15,17-19H,6,8,16H2,1H3,(H,37,38)/b7-5+,26-11-. The zero-order valence-electron chi connectivity index (χ0n) is 21.7. The smallest absolute Gasteiger partial charge is 0.357 e. The molecule has 0 fully saturated rings. The van der Waals surface area contributed by atoms with Crippen molar-refractivity contribution >= 4 is 51.7 Å². The predicted octanol–water partition coefficient (Wildman–Crippen LogP) is 5.61. The minimum Gasteiger partial charge on any atom is -0.476 e. The zero-order chi connectivity index (χ0) is 27.8. The molecule has 1 aromatic heterocycles. The van der Waals surface area contributed by atoms with Gasteiger partial charge in [0.25, 0.3) is 5.91 Å². The predicted molar refractivity (Wildman–Crippen MR) is 155 cm³/mol. The first-order chi connectivity index (χ1) is 19.4. The van der Waals surface area contributed by atoms with Gasteiger partial charge in [-0.1, -0.05) is 42.0 Å². The number of hydrazone groups is 1. The first-order valence-corrected chi connectivity index (χ1v) is 12.9. The van der Waals surface area contributed by atoms with Gasteiger partial charge in [0.05, 0.1) is 16.8 Å². The molecule has 0 saturated carbocycles. The van der Waals surface area contributed by atoms with Gasteiger partial charge in [0.15, 0.2) is 5.71 Å². The van der Waals surface area contributed by atoms with E-state index in [2.05, 4.69) is 47.3 Å². The molecule has 40 heavy (non-hydrogen) atoms. The summed E-state index contributed by atoms with van der Waals surface area (Å²) in [5, 5.41) is 15.4. The fraction of sp³-hybridized carbons (Fsp3) is 0.125. The van der Waals surface area contributed by atoms with Gasteiger partial charge in [-0.3, -0.25) is 4.79 Å². The number of anilines is 3. The number of carboxylic acid groups (broad SMARTS) is 1. The van der Waals surface area contributed by atoms with Crippen molar-refractivity contribution in [1.82, 2.24) is 0 Å². The van der Waals surface area contributed by atoms with Crippen LogP contribution in [-0.4, -0.2) is 29.2 Å². The van der Waals surface area contributed by atoms with Crippen molar-refractivity contribution in [3.8, 4) is 0 Å². The molecule has 2 aliphatic rings. The summed E-state index contributed by atoms with van der Waals surface area (Å²) in [5.41, 5.74) is 4.74. The summed E-state index contributed by atoms with van der Waals surface area (Å²) in [5.74, 6) is -1.88. The average molecular weight is 532 g/mol. The van der Waals surface area contributed by atoms with Crippen molar-refractivity contribution in [3.05, 3.63) is 118 Å². The van der Waals surface area contributed by atoms with Crippen LogP contribution in [0.15, 0.2) is 105 Å². The van der Waals surface area contributed by atoms with E-state index in [0.717, 1.165) is 41.2 Å². The number of aliphatic carboxylic acids is 1. The van der Waals surface area contributed by atoms with Crippen LogP contribution in [-0.2, 0) is 16.0 Å². The van der Waals surface area contributed by atoms with E-state index in [4.69, 9.17) is 4.42 Å². The monoisotopic (exact) mass is 531 g/mol. The highest BCUT2D eigenvalue weighted by atomic mass is 16.4. The third-order valence-electron chi connectivity index (χ3n) is 7.04. The van der Waals surface area contributed by atoms with Crippen molar-refractivity contribution in [2.24, 2.45) is 5.10 Å². The third kappa shape index (κ3) is 4.60. The maximum Gasteiger partial charge on any atom is 0.357 e. The summed E-state index contributed by atoms with van der Waals surface area (Å²) in [7, 11) is 0. The van der Waals surface area contributed by atoms with Crippen LogP contribution in [0.5, 0.6) is 0 Å². The largest absolute Gasteiger partial charge is 0.476 e. The van der Waals surface area contributed by atoms with E-state index < -0.39 is 17.5 Å². The molecular formula is C32H25N3O5. The molecule has 6 rings (SSSR count). The normalized spacial score (nSPS) is 16.2. The van der Waals surface area contributed by atoms with E-state index in [1.165, 1.54) is 29.4 Å². The quantitative estimate of drug-likeness (QED) is 0.265. The summed E-state index contributed by atoms with van der Waals surface area (Å²) in [6, 6.07) is 22.7. The number of para-hydroxylation sites is 1. The Hall–Kier alpha value is -5.24. The Kier molecular flexibility index (Phi) is 6.36. The summed E-state index contributed by atoms with van der Waals surface area (Å²) in [4.78, 5) is 39.8. The highest BCUT2D eigenvalue weighted by molar-refractivity contribution is 6.52. The fourth-order valence-electron chi connectivity index (χ4n) is 5.04. The molecule has 3 heterocycles. The molecule has 8 nitrogen and oxygen atoms in total. The number of carbonyl (C=O) groups excluding carboxylic acids is 1. The van der Waals surface area contributed by atoms with E-state index in [1.54, 1.807) is 36.4 Å². The lowest BCUT2D eigenvalue weighted by Crippen LogP contribution is -2.24. The van der Waals surface area contributed by atoms with E-state index >= 15 is 0 Å². The van der Waals surface area contributed by atoms with Crippen molar-refractivity contribution in [3.63, 3.8) is 0 Å². The van der Waals surface area contributed by atoms with Gasteiger partial charge < -0.3 is 14.4 Å². The van der Waals surface area contributed by atoms with Gasteiger partial charge in [0.1, 0.15) is 5.58 Å². The second-order valence-corrected chi connectivity index (χ2v) is 9.74. The van der Waals surface area contributed by atoms with Crippen molar-refractivity contribution in [2.75, 3.05) is 16.5 Å². The van der Waals surface area contributed by atoms with Gasteiger partial charge in [-0.05, 0) is 73.9 Å². The first-order valence-electron chi connectivity index (χ1n) is 12.9. The van der Waals surface area contributed by atoms with Gasteiger partial charge >= 0.3 is 11.6 Å².